The number of amides is 1. The molecule has 1 fully saturated rings. The molecule has 0 spiro atoms. The third-order valence-corrected chi connectivity index (χ3v) is 2.39. The molecule has 1 saturated carbocycles. The van der Waals surface area contributed by atoms with Crippen LogP contribution in [-0.4, -0.2) is 26.0 Å². The van der Waals surface area contributed by atoms with Gasteiger partial charge in [-0.3, -0.25) is 4.79 Å². The van der Waals surface area contributed by atoms with Crippen LogP contribution >= 0.6 is 0 Å². The van der Waals surface area contributed by atoms with Crippen LogP contribution < -0.4 is 10.6 Å². The number of hydrogen-bond donors (Lipinski definition) is 2. The van der Waals surface area contributed by atoms with E-state index in [9.17, 15) is 4.79 Å². The summed E-state index contributed by atoms with van der Waals surface area (Å²) < 4.78 is 0. The third-order valence-electron chi connectivity index (χ3n) is 2.39. The topological polar surface area (TPSA) is 41.1 Å². The van der Waals surface area contributed by atoms with Crippen molar-refractivity contribution >= 4 is 5.91 Å². The highest BCUT2D eigenvalue weighted by Gasteiger charge is 2.27. The summed E-state index contributed by atoms with van der Waals surface area (Å²) in [6.45, 7) is 3.47. The molecule has 1 rings (SSSR count). The maximum Gasteiger partial charge on any atom is 0.233 e. The van der Waals surface area contributed by atoms with Gasteiger partial charge in [-0.25, -0.2) is 0 Å². The molecule has 1 aliphatic rings. The molecule has 1 unspecified atom stereocenters. The highest BCUT2D eigenvalue weighted by Crippen LogP contribution is 2.35. The molecule has 2 N–H and O–H groups in total. The number of carbonyl (C=O) groups excluding carboxylic acids is 1. The Morgan fingerprint density at radius 2 is 2.25 bits per heavy atom. The van der Waals surface area contributed by atoms with Gasteiger partial charge in [-0.2, -0.15) is 0 Å². The Labute approximate surface area is 73.9 Å². The first-order valence-electron chi connectivity index (χ1n) is 4.65. The molecule has 0 saturated heterocycles. The van der Waals surface area contributed by atoms with E-state index in [1.54, 1.807) is 7.05 Å². The number of nitrogens with one attached hydrogen (secondary N) is 2. The van der Waals surface area contributed by atoms with Crippen molar-refractivity contribution in [2.45, 2.75) is 19.8 Å². The Balaban J connectivity index is 2.03. The summed E-state index contributed by atoms with van der Waals surface area (Å²) in [5.74, 6) is 1.63. The van der Waals surface area contributed by atoms with E-state index in [0.29, 0.717) is 12.5 Å². The van der Waals surface area contributed by atoms with Crippen molar-refractivity contribution in [2.75, 3.05) is 20.1 Å². The zero-order chi connectivity index (χ0) is 8.97. The second-order valence-electron chi connectivity index (χ2n) is 3.65. The van der Waals surface area contributed by atoms with Gasteiger partial charge >= 0.3 is 0 Å². The second-order valence-corrected chi connectivity index (χ2v) is 3.65. The van der Waals surface area contributed by atoms with E-state index in [0.717, 1.165) is 12.5 Å². The van der Waals surface area contributed by atoms with E-state index < -0.39 is 0 Å². The monoisotopic (exact) mass is 170 g/mol. The zero-order valence-electron chi connectivity index (χ0n) is 7.89. The van der Waals surface area contributed by atoms with Crippen molar-refractivity contribution in [2.24, 2.45) is 11.8 Å². The third kappa shape index (κ3) is 3.22. The Hall–Kier alpha value is -0.570. The number of carbonyl (C=O) groups is 1. The molecule has 3 heteroatoms. The molecule has 12 heavy (non-hydrogen) atoms. The fourth-order valence-corrected chi connectivity index (χ4v) is 1.33. The number of hydrogen-bond acceptors (Lipinski definition) is 2. The second kappa shape index (κ2) is 4.45. The lowest BCUT2D eigenvalue weighted by molar-refractivity contribution is -0.120. The Bertz CT molecular complexity index is 155. The van der Waals surface area contributed by atoms with Crippen LogP contribution in [0.3, 0.4) is 0 Å². The van der Waals surface area contributed by atoms with Crippen LogP contribution in [0.25, 0.3) is 0 Å². The smallest absolute Gasteiger partial charge is 0.233 e. The van der Waals surface area contributed by atoms with Crippen LogP contribution in [-0.2, 0) is 4.79 Å². The van der Waals surface area contributed by atoms with Crippen LogP contribution in [0, 0.1) is 11.8 Å². The normalized spacial score (nSPS) is 18.8. The largest absolute Gasteiger partial charge is 0.355 e. The number of likely N-dealkylation sites (N-methyl/N-ethyl adjacent to an activating group) is 1. The Kier molecular flexibility index (Phi) is 3.53. The van der Waals surface area contributed by atoms with Gasteiger partial charge in [0.25, 0.3) is 0 Å². The van der Waals surface area contributed by atoms with E-state index in [4.69, 9.17) is 0 Å². The summed E-state index contributed by atoms with van der Waals surface area (Å²) >= 11 is 0. The van der Waals surface area contributed by atoms with Gasteiger partial charge in [-0.05, 0) is 31.7 Å². The van der Waals surface area contributed by atoms with Gasteiger partial charge in [-0.15, -0.1) is 0 Å². The Morgan fingerprint density at radius 1 is 1.58 bits per heavy atom. The summed E-state index contributed by atoms with van der Waals surface area (Å²) in [5, 5.41) is 5.73. The fourth-order valence-electron chi connectivity index (χ4n) is 1.33. The molecule has 0 aromatic rings. The van der Waals surface area contributed by atoms with E-state index in [1.807, 2.05) is 0 Å². The lowest BCUT2D eigenvalue weighted by Gasteiger charge is -2.10. The van der Waals surface area contributed by atoms with Crippen LogP contribution in [0.5, 0.6) is 0 Å². The quantitative estimate of drug-likeness (QED) is 0.626. The van der Waals surface area contributed by atoms with Gasteiger partial charge in [-0.1, -0.05) is 6.92 Å². The molecule has 0 aromatic carbocycles. The van der Waals surface area contributed by atoms with Crippen molar-refractivity contribution in [3.8, 4) is 0 Å². The first kappa shape index (κ1) is 9.52. The molecule has 0 aromatic heterocycles. The molecule has 0 heterocycles. The minimum Gasteiger partial charge on any atom is -0.355 e. The first-order chi connectivity index (χ1) is 5.74. The van der Waals surface area contributed by atoms with Gasteiger partial charge in [0.2, 0.25) is 5.91 Å². The van der Waals surface area contributed by atoms with Crippen molar-refractivity contribution < 1.29 is 4.79 Å². The molecule has 0 aliphatic heterocycles. The highest BCUT2D eigenvalue weighted by molar-refractivity contribution is 5.77. The molecule has 3 nitrogen and oxygen atoms in total. The van der Waals surface area contributed by atoms with Crippen LogP contribution in [0.2, 0.25) is 0 Å². The van der Waals surface area contributed by atoms with Crippen molar-refractivity contribution in [3.63, 3.8) is 0 Å². The van der Waals surface area contributed by atoms with Gasteiger partial charge in [0.05, 0.1) is 6.54 Å². The zero-order valence-corrected chi connectivity index (χ0v) is 7.89. The van der Waals surface area contributed by atoms with Crippen LogP contribution in [0.4, 0.5) is 0 Å². The molecule has 1 aliphatic carbocycles. The number of rotatable bonds is 5. The average molecular weight is 170 g/mol. The lowest BCUT2D eigenvalue weighted by Crippen LogP contribution is -2.35. The Morgan fingerprint density at radius 3 is 2.75 bits per heavy atom. The highest BCUT2D eigenvalue weighted by atomic mass is 16.1. The summed E-state index contributed by atoms with van der Waals surface area (Å²) in [6.07, 6.45) is 2.70. The summed E-state index contributed by atoms with van der Waals surface area (Å²) in [4.78, 5) is 11.0. The van der Waals surface area contributed by atoms with Crippen LogP contribution in [0.1, 0.15) is 19.8 Å². The molecule has 0 radical (unpaired) electrons. The van der Waals surface area contributed by atoms with Crippen molar-refractivity contribution in [1.29, 1.82) is 0 Å². The van der Waals surface area contributed by atoms with E-state index >= 15 is 0 Å². The fraction of sp³-hybridized carbons (Fsp3) is 0.889. The molecule has 0 bridgehead atoms. The van der Waals surface area contributed by atoms with E-state index in [2.05, 4.69) is 17.6 Å². The molecular weight excluding hydrogens is 152 g/mol. The van der Waals surface area contributed by atoms with Crippen molar-refractivity contribution in [1.82, 2.24) is 10.6 Å². The van der Waals surface area contributed by atoms with Gasteiger partial charge < -0.3 is 10.6 Å². The van der Waals surface area contributed by atoms with E-state index in [1.165, 1.54) is 12.8 Å². The van der Waals surface area contributed by atoms with E-state index in [-0.39, 0.29) is 5.91 Å². The van der Waals surface area contributed by atoms with Crippen LogP contribution in [0.15, 0.2) is 0 Å². The maximum absolute atomic E-state index is 11.0. The summed E-state index contributed by atoms with van der Waals surface area (Å²) in [5.41, 5.74) is 0. The van der Waals surface area contributed by atoms with Gasteiger partial charge in [0.15, 0.2) is 0 Å². The van der Waals surface area contributed by atoms with Gasteiger partial charge in [0.1, 0.15) is 0 Å². The molecular formula is C9H18N2O. The average Bonchev–Trinajstić information content (AvgIpc) is 2.83. The predicted molar refractivity (Wildman–Crippen MR) is 48.8 cm³/mol. The molecule has 70 valence electrons. The van der Waals surface area contributed by atoms with Crippen molar-refractivity contribution in [3.05, 3.63) is 0 Å². The maximum atomic E-state index is 11.0. The summed E-state index contributed by atoms with van der Waals surface area (Å²) in [6, 6.07) is 0. The standard InChI is InChI=1S/C9H18N2O/c1-7(8-3-4-8)5-11-9(12)6-10-2/h7-8,10H,3-6H2,1-2H3,(H,11,12). The minimum absolute atomic E-state index is 0.102. The first-order valence-corrected chi connectivity index (χ1v) is 4.65. The lowest BCUT2D eigenvalue weighted by atomic mass is 10.1. The minimum atomic E-state index is 0.102. The molecule has 1 amide bonds. The van der Waals surface area contributed by atoms with Gasteiger partial charge in [0, 0.05) is 6.54 Å². The predicted octanol–water partition coefficient (Wildman–Crippen LogP) is 0.368. The SMILES string of the molecule is CNCC(=O)NCC(C)C1CC1. The summed E-state index contributed by atoms with van der Waals surface area (Å²) in [7, 11) is 1.78. The molecule has 1 atom stereocenters.